The molecule has 0 bridgehead atoms. The van der Waals surface area contributed by atoms with Crippen LogP contribution >= 0.6 is 0 Å². The summed E-state index contributed by atoms with van der Waals surface area (Å²) in [4.78, 5) is 23.9. The van der Waals surface area contributed by atoms with Crippen molar-refractivity contribution >= 4 is 22.2 Å². The predicted molar refractivity (Wildman–Crippen MR) is 84.6 cm³/mol. The molecular formula is C14H21N3O5S. The fourth-order valence-electron chi connectivity index (χ4n) is 1.72. The highest BCUT2D eigenvalue weighted by molar-refractivity contribution is 7.87. The molecular weight excluding hydrogens is 322 g/mol. The van der Waals surface area contributed by atoms with Crippen molar-refractivity contribution in [1.82, 2.24) is 10.0 Å². The van der Waals surface area contributed by atoms with Crippen molar-refractivity contribution in [2.75, 3.05) is 0 Å². The maximum absolute atomic E-state index is 12.0. The Bertz CT molecular complexity index is 653. The summed E-state index contributed by atoms with van der Waals surface area (Å²) >= 11 is 0. The van der Waals surface area contributed by atoms with Crippen molar-refractivity contribution in [3.8, 4) is 0 Å². The van der Waals surface area contributed by atoms with E-state index in [4.69, 9.17) is 9.88 Å². The first-order valence-electron chi connectivity index (χ1n) is 6.84. The van der Waals surface area contributed by atoms with E-state index >= 15 is 0 Å². The molecule has 0 spiro atoms. The van der Waals surface area contributed by atoms with Crippen LogP contribution in [0, 0.1) is 0 Å². The Morgan fingerprint density at radius 1 is 1.22 bits per heavy atom. The molecule has 23 heavy (non-hydrogen) atoms. The number of amides is 2. The molecule has 1 aromatic carbocycles. The lowest BCUT2D eigenvalue weighted by Crippen LogP contribution is -2.51. The smallest absolute Gasteiger partial charge is 0.408 e. The highest BCUT2D eigenvalue weighted by Crippen LogP contribution is 2.08. The fourth-order valence-corrected chi connectivity index (χ4v) is 2.14. The highest BCUT2D eigenvalue weighted by atomic mass is 32.2. The number of ether oxygens (including phenoxy) is 1. The molecule has 1 rings (SSSR count). The zero-order chi connectivity index (χ0) is 17.7. The molecule has 0 aliphatic heterocycles. The van der Waals surface area contributed by atoms with E-state index < -0.39 is 33.9 Å². The van der Waals surface area contributed by atoms with Gasteiger partial charge in [0.15, 0.2) is 0 Å². The minimum Gasteiger partial charge on any atom is -0.444 e. The zero-order valence-corrected chi connectivity index (χ0v) is 14.0. The van der Waals surface area contributed by atoms with Crippen LogP contribution in [0.5, 0.6) is 0 Å². The second-order valence-corrected chi connectivity index (χ2v) is 7.19. The van der Waals surface area contributed by atoms with E-state index in [9.17, 15) is 18.0 Å². The van der Waals surface area contributed by atoms with Gasteiger partial charge in [-0.2, -0.15) is 8.42 Å². The summed E-state index contributed by atoms with van der Waals surface area (Å²) in [6, 6.07) is 7.66. The molecule has 0 aromatic heterocycles. The monoisotopic (exact) mass is 343 g/mol. The first-order chi connectivity index (χ1) is 10.5. The molecule has 0 heterocycles. The molecule has 0 aliphatic rings. The summed E-state index contributed by atoms with van der Waals surface area (Å²) < 4.78 is 28.8. The third kappa shape index (κ3) is 8.17. The fraction of sp³-hybridized carbons (Fsp3) is 0.429. The third-order valence-electron chi connectivity index (χ3n) is 2.53. The Hall–Kier alpha value is -2.13. The number of nitrogens with two attached hydrogens (primary N) is 1. The van der Waals surface area contributed by atoms with Gasteiger partial charge < -0.3 is 10.1 Å². The van der Waals surface area contributed by atoms with E-state index in [0.717, 1.165) is 5.56 Å². The second kappa shape index (κ2) is 7.42. The summed E-state index contributed by atoms with van der Waals surface area (Å²) in [6.07, 6.45) is -0.746. The largest absolute Gasteiger partial charge is 0.444 e. The first-order valence-corrected chi connectivity index (χ1v) is 8.39. The van der Waals surface area contributed by atoms with E-state index in [-0.39, 0.29) is 6.42 Å². The lowest BCUT2D eigenvalue weighted by atomic mass is 10.1. The molecule has 0 aliphatic carbocycles. The van der Waals surface area contributed by atoms with E-state index in [1.54, 1.807) is 55.8 Å². The van der Waals surface area contributed by atoms with Crippen LogP contribution in [0.1, 0.15) is 26.3 Å². The minimum atomic E-state index is -4.22. The Balaban J connectivity index is 2.88. The standard InChI is InChI=1S/C14H21N3O5S/c1-14(2,3)22-13(19)16-11(12(18)17-23(15,20)21)9-10-7-5-4-6-8-10/h4-8,11H,9H2,1-3H3,(H,16,19)(H,17,18)(H2,15,20,21)/t11-/m0/s1. The Kier molecular flexibility index (Phi) is 6.11. The molecule has 0 saturated carbocycles. The number of nitrogens with one attached hydrogen (secondary N) is 2. The maximum atomic E-state index is 12.0. The maximum Gasteiger partial charge on any atom is 0.408 e. The first kappa shape index (κ1) is 18.9. The van der Waals surface area contributed by atoms with Crippen molar-refractivity contribution in [3.63, 3.8) is 0 Å². The van der Waals surface area contributed by atoms with Crippen LogP contribution < -0.4 is 15.2 Å². The van der Waals surface area contributed by atoms with Gasteiger partial charge in [-0.1, -0.05) is 30.3 Å². The number of rotatable bonds is 5. The van der Waals surface area contributed by atoms with E-state index in [1.165, 1.54) is 0 Å². The van der Waals surface area contributed by atoms with Crippen molar-refractivity contribution in [3.05, 3.63) is 35.9 Å². The topological polar surface area (TPSA) is 128 Å². The van der Waals surface area contributed by atoms with Crippen molar-refractivity contribution in [2.45, 2.75) is 38.8 Å². The van der Waals surface area contributed by atoms with E-state index in [0.29, 0.717) is 0 Å². The Labute approximate surface area is 135 Å². The molecule has 128 valence electrons. The Morgan fingerprint density at radius 3 is 2.26 bits per heavy atom. The summed E-state index contributed by atoms with van der Waals surface area (Å²) in [5, 5.41) is 7.15. The number of carbonyl (C=O) groups excluding carboxylic acids is 2. The highest BCUT2D eigenvalue weighted by Gasteiger charge is 2.26. The molecule has 0 unspecified atom stereocenters. The molecule has 2 amide bonds. The normalized spacial score (nSPS) is 13.0. The number of hydrogen-bond donors (Lipinski definition) is 3. The number of hydrogen-bond acceptors (Lipinski definition) is 5. The zero-order valence-electron chi connectivity index (χ0n) is 13.2. The minimum absolute atomic E-state index is 0.0848. The third-order valence-corrected chi connectivity index (χ3v) is 3.02. The molecule has 1 aromatic rings. The van der Waals surface area contributed by atoms with Gasteiger partial charge in [-0.3, -0.25) is 4.79 Å². The van der Waals surface area contributed by atoms with Gasteiger partial charge in [-0.25, -0.2) is 14.7 Å². The van der Waals surface area contributed by atoms with Gasteiger partial charge in [-0.15, -0.1) is 0 Å². The van der Waals surface area contributed by atoms with Gasteiger partial charge in [0.05, 0.1) is 0 Å². The summed E-state index contributed by atoms with van der Waals surface area (Å²) in [7, 11) is -4.22. The van der Waals surface area contributed by atoms with Crippen LogP contribution in [0.25, 0.3) is 0 Å². The van der Waals surface area contributed by atoms with Gasteiger partial charge >= 0.3 is 6.09 Å². The van der Waals surface area contributed by atoms with Crippen molar-refractivity contribution < 1.29 is 22.7 Å². The molecule has 4 N–H and O–H groups in total. The summed E-state index contributed by atoms with van der Waals surface area (Å²) in [5.74, 6) is -0.942. The van der Waals surface area contributed by atoms with Crippen molar-refractivity contribution in [1.29, 1.82) is 0 Å². The van der Waals surface area contributed by atoms with Crippen LogP contribution in [0.2, 0.25) is 0 Å². The van der Waals surface area contributed by atoms with Crippen LogP contribution in [0.4, 0.5) is 4.79 Å². The number of benzene rings is 1. The van der Waals surface area contributed by atoms with Gasteiger partial charge in [0, 0.05) is 6.42 Å². The second-order valence-electron chi connectivity index (χ2n) is 5.90. The molecule has 9 heteroatoms. The van der Waals surface area contributed by atoms with Crippen LogP contribution in [-0.2, 0) is 26.2 Å². The predicted octanol–water partition coefficient (Wildman–Crippen LogP) is 0.442. The quantitative estimate of drug-likeness (QED) is 0.715. The molecule has 8 nitrogen and oxygen atoms in total. The van der Waals surface area contributed by atoms with Gasteiger partial charge in [-0.05, 0) is 26.3 Å². The van der Waals surface area contributed by atoms with Crippen molar-refractivity contribution in [2.24, 2.45) is 5.14 Å². The average Bonchev–Trinajstić information content (AvgIpc) is 2.34. The van der Waals surface area contributed by atoms with Gasteiger partial charge in [0.1, 0.15) is 11.6 Å². The molecule has 1 atom stereocenters. The van der Waals surface area contributed by atoms with E-state index in [1.807, 2.05) is 0 Å². The Morgan fingerprint density at radius 2 is 1.78 bits per heavy atom. The van der Waals surface area contributed by atoms with Crippen LogP contribution in [0.3, 0.4) is 0 Å². The lowest BCUT2D eigenvalue weighted by molar-refractivity contribution is -0.121. The molecule has 0 radical (unpaired) electrons. The lowest BCUT2D eigenvalue weighted by Gasteiger charge is -2.23. The average molecular weight is 343 g/mol. The van der Waals surface area contributed by atoms with Gasteiger partial charge in [0.2, 0.25) is 0 Å². The van der Waals surface area contributed by atoms with Crippen LogP contribution in [0.15, 0.2) is 30.3 Å². The van der Waals surface area contributed by atoms with E-state index in [2.05, 4.69) is 5.32 Å². The number of carbonyl (C=O) groups is 2. The number of alkyl carbamates (subject to hydrolysis) is 1. The van der Waals surface area contributed by atoms with Crippen LogP contribution in [-0.4, -0.2) is 32.1 Å². The molecule has 0 fully saturated rings. The summed E-state index contributed by atoms with van der Waals surface area (Å²) in [5.41, 5.74) is -0.0178. The SMILES string of the molecule is CC(C)(C)OC(=O)N[C@@H](Cc1ccccc1)C(=O)NS(N)(=O)=O. The molecule has 0 saturated heterocycles. The summed E-state index contributed by atoms with van der Waals surface area (Å²) in [6.45, 7) is 5.01. The van der Waals surface area contributed by atoms with Gasteiger partial charge in [0.25, 0.3) is 16.1 Å².